The maximum atomic E-state index is 2.37. The van der Waals surface area contributed by atoms with E-state index < -0.39 is 0 Å². The van der Waals surface area contributed by atoms with Crippen molar-refractivity contribution in [3.05, 3.63) is 70.8 Å². The van der Waals surface area contributed by atoms with Gasteiger partial charge in [0.05, 0.1) is 0 Å². The average molecular weight is 327 g/mol. The molecule has 0 nitrogen and oxygen atoms in total. The van der Waals surface area contributed by atoms with Crippen LogP contribution in [-0.2, 0) is 12.8 Å². The molecule has 2 aromatic rings. The Bertz CT molecular complexity index is 553. The summed E-state index contributed by atoms with van der Waals surface area (Å²) in [6.45, 7) is 17.2. The van der Waals surface area contributed by atoms with Gasteiger partial charge in [0.2, 0.25) is 0 Å². The molecule has 0 saturated carbocycles. The molecule has 0 spiro atoms. The van der Waals surface area contributed by atoms with Gasteiger partial charge in [-0.05, 0) is 46.9 Å². The van der Waals surface area contributed by atoms with Crippen molar-refractivity contribution in [1.29, 1.82) is 0 Å². The fourth-order valence-corrected chi connectivity index (χ4v) is 2.95. The van der Waals surface area contributed by atoms with Crippen LogP contribution in [0.5, 0.6) is 0 Å². The molecule has 0 saturated heterocycles. The maximum Gasteiger partial charge on any atom is -0.0121 e. The molecule has 0 radical (unpaired) electrons. The highest BCUT2D eigenvalue weighted by Crippen LogP contribution is 2.34. The Labute approximate surface area is 151 Å². The van der Waals surface area contributed by atoms with Crippen LogP contribution in [-0.4, -0.2) is 0 Å². The Morgan fingerprint density at radius 2 is 1.33 bits per heavy atom. The Morgan fingerprint density at radius 3 is 1.92 bits per heavy atom. The zero-order valence-electron chi connectivity index (χ0n) is 17.2. The Balaban J connectivity index is 0.00000123. The van der Waals surface area contributed by atoms with Crippen molar-refractivity contribution < 1.29 is 0 Å². The monoisotopic (exact) mass is 326 g/mol. The minimum Gasteiger partial charge on any atom is -0.0683 e. The second-order valence-corrected chi connectivity index (χ2v) is 5.73. The molecule has 24 heavy (non-hydrogen) atoms. The highest BCUT2D eigenvalue weighted by atomic mass is 14.2. The van der Waals surface area contributed by atoms with Crippen LogP contribution >= 0.6 is 0 Å². The Morgan fingerprint density at radius 1 is 0.708 bits per heavy atom. The summed E-state index contributed by atoms with van der Waals surface area (Å²) in [7, 11) is 0. The van der Waals surface area contributed by atoms with E-state index in [2.05, 4.69) is 76.2 Å². The normalized spacial score (nSPS) is 12.2. The smallest absolute Gasteiger partial charge is 0.0121 e. The molecule has 134 valence electrons. The third-order valence-corrected chi connectivity index (χ3v) is 4.56. The molecule has 2 rings (SSSR count). The van der Waals surface area contributed by atoms with Crippen molar-refractivity contribution in [2.45, 2.75) is 80.1 Å². The van der Waals surface area contributed by atoms with Gasteiger partial charge in [0.1, 0.15) is 0 Å². The van der Waals surface area contributed by atoms with Crippen LogP contribution < -0.4 is 0 Å². The highest BCUT2D eigenvalue weighted by Gasteiger charge is 2.18. The first kappa shape index (κ1) is 22.4. The number of rotatable bonds is 5. The van der Waals surface area contributed by atoms with Gasteiger partial charge in [0.25, 0.3) is 0 Å². The summed E-state index contributed by atoms with van der Waals surface area (Å²) < 4.78 is 0. The van der Waals surface area contributed by atoms with Gasteiger partial charge in [-0.3, -0.25) is 0 Å². The van der Waals surface area contributed by atoms with Crippen molar-refractivity contribution in [1.82, 2.24) is 0 Å². The molecule has 0 amide bonds. The van der Waals surface area contributed by atoms with E-state index in [0.29, 0.717) is 11.8 Å². The van der Waals surface area contributed by atoms with Crippen molar-refractivity contribution in [3.8, 4) is 0 Å². The minimum atomic E-state index is 0.550. The fourth-order valence-electron chi connectivity index (χ4n) is 2.95. The third-order valence-electron chi connectivity index (χ3n) is 4.56. The molecular formula is C24H38. The quantitative estimate of drug-likeness (QED) is 0.526. The zero-order chi connectivity index (χ0) is 18.5. The van der Waals surface area contributed by atoms with Crippen LogP contribution in [0.15, 0.2) is 48.5 Å². The number of hydrogen-bond acceptors (Lipinski definition) is 0. The fraction of sp³-hybridized carbons (Fsp3) is 0.500. The van der Waals surface area contributed by atoms with Crippen molar-refractivity contribution in [3.63, 3.8) is 0 Å². The summed E-state index contributed by atoms with van der Waals surface area (Å²) in [4.78, 5) is 0. The first-order valence-corrected chi connectivity index (χ1v) is 9.84. The van der Waals surface area contributed by atoms with E-state index in [-0.39, 0.29) is 0 Å². The molecule has 0 fully saturated rings. The third kappa shape index (κ3) is 6.15. The van der Waals surface area contributed by atoms with E-state index in [4.69, 9.17) is 0 Å². The molecule has 0 aliphatic heterocycles. The van der Waals surface area contributed by atoms with Gasteiger partial charge < -0.3 is 0 Å². The van der Waals surface area contributed by atoms with Crippen molar-refractivity contribution >= 4 is 0 Å². The molecular weight excluding hydrogens is 288 g/mol. The largest absolute Gasteiger partial charge is 0.0683 e. The summed E-state index contributed by atoms with van der Waals surface area (Å²) in [6, 6.07) is 17.9. The standard InChI is InChI=1S/C20H26.2C2H6/c1-5-17-10-9-12-19(14-17)15(3)16(4)20-13-8-7-11-18(20)6-2;2*1-2/h7-16H,5-6H2,1-4H3;2*1-2H3. The Kier molecular flexibility index (Phi) is 12.0. The predicted molar refractivity (Wildman–Crippen MR) is 111 cm³/mol. The van der Waals surface area contributed by atoms with E-state index in [1.165, 1.54) is 22.3 Å². The summed E-state index contributed by atoms with van der Waals surface area (Å²) in [5.41, 5.74) is 5.89. The van der Waals surface area contributed by atoms with Crippen LogP contribution in [0.25, 0.3) is 0 Å². The van der Waals surface area contributed by atoms with Crippen LogP contribution in [0, 0.1) is 0 Å². The van der Waals surface area contributed by atoms with Gasteiger partial charge in [-0.1, -0.05) is 104 Å². The van der Waals surface area contributed by atoms with E-state index >= 15 is 0 Å². The lowest BCUT2D eigenvalue weighted by atomic mass is 9.81. The van der Waals surface area contributed by atoms with Crippen LogP contribution in [0.3, 0.4) is 0 Å². The minimum absolute atomic E-state index is 0.550. The Hall–Kier alpha value is -1.56. The molecule has 0 heterocycles. The molecule has 2 unspecified atom stereocenters. The predicted octanol–water partition coefficient (Wildman–Crippen LogP) is 7.77. The van der Waals surface area contributed by atoms with Gasteiger partial charge in [0, 0.05) is 0 Å². The molecule has 0 bridgehead atoms. The maximum absolute atomic E-state index is 2.37. The zero-order valence-corrected chi connectivity index (χ0v) is 17.2. The van der Waals surface area contributed by atoms with Gasteiger partial charge in [0.15, 0.2) is 0 Å². The average Bonchev–Trinajstić information content (AvgIpc) is 2.69. The van der Waals surface area contributed by atoms with E-state index in [0.717, 1.165) is 12.8 Å². The lowest BCUT2D eigenvalue weighted by molar-refractivity contribution is 0.617. The number of aryl methyl sites for hydroxylation is 2. The molecule has 0 N–H and O–H groups in total. The van der Waals surface area contributed by atoms with Gasteiger partial charge in [-0.15, -0.1) is 0 Å². The lowest BCUT2D eigenvalue weighted by Gasteiger charge is -2.23. The molecule has 2 aromatic carbocycles. The molecule has 0 aliphatic rings. The van der Waals surface area contributed by atoms with Crippen LogP contribution in [0.2, 0.25) is 0 Å². The molecule has 0 heteroatoms. The summed E-state index contributed by atoms with van der Waals surface area (Å²) in [5, 5.41) is 0. The van der Waals surface area contributed by atoms with Gasteiger partial charge >= 0.3 is 0 Å². The molecule has 2 atom stereocenters. The van der Waals surface area contributed by atoms with E-state index in [9.17, 15) is 0 Å². The highest BCUT2D eigenvalue weighted by molar-refractivity contribution is 5.35. The topological polar surface area (TPSA) is 0 Å². The second-order valence-electron chi connectivity index (χ2n) is 5.73. The SMILES string of the molecule is CC.CC.CCc1cccc(C(C)C(C)c2ccccc2CC)c1. The van der Waals surface area contributed by atoms with Gasteiger partial charge in [-0.25, -0.2) is 0 Å². The van der Waals surface area contributed by atoms with Gasteiger partial charge in [-0.2, -0.15) is 0 Å². The van der Waals surface area contributed by atoms with E-state index in [1.54, 1.807) is 0 Å². The number of benzene rings is 2. The van der Waals surface area contributed by atoms with Crippen LogP contribution in [0.4, 0.5) is 0 Å². The van der Waals surface area contributed by atoms with Crippen molar-refractivity contribution in [2.24, 2.45) is 0 Å². The van der Waals surface area contributed by atoms with Crippen molar-refractivity contribution in [2.75, 3.05) is 0 Å². The number of hydrogen-bond donors (Lipinski definition) is 0. The second kappa shape index (κ2) is 12.8. The summed E-state index contributed by atoms with van der Waals surface area (Å²) >= 11 is 0. The molecule has 0 aliphatic carbocycles. The van der Waals surface area contributed by atoms with Crippen LogP contribution in [0.1, 0.15) is 89.5 Å². The first-order chi connectivity index (χ1) is 11.7. The molecule has 0 aromatic heterocycles. The summed E-state index contributed by atoms with van der Waals surface area (Å²) in [5.74, 6) is 1.10. The lowest BCUT2D eigenvalue weighted by Crippen LogP contribution is -2.07. The van der Waals surface area contributed by atoms with E-state index in [1.807, 2.05) is 27.7 Å². The summed E-state index contributed by atoms with van der Waals surface area (Å²) in [6.07, 6.45) is 2.22. The first-order valence-electron chi connectivity index (χ1n) is 9.84.